The molecule has 2 rings (SSSR count). The van der Waals surface area contributed by atoms with E-state index in [0.29, 0.717) is 13.1 Å². The molecule has 0 fully saturated rings. The van der Waals surface area contributed by atoms with E-state index in [1.165, 1.54) is 0 Å². The van der Waals surface area contributed by atoms with Crippen molar-refractivity contribution in [1.29, 1.82) is 0 Å². The van der Waals surface area contributed by atoms with Crippen molar-refractivity contribution in [3.8, 4) is 11.1 Å². The van der Waals surface area contributed by atoms with Gasteiger partial charge < -0.3 is 9.47 Å². The summed E-state index contributed by atoms with van der Waals surface area (Å²) in [7, 11) is 0. The molecule has 0 bridgehead atoms. The molecule has 2 aromatic carbocycles. The summed E-state index contributed by atoms with van der Waals surface area (Å²) in [5.74, 6) is -0.353. The molecule has 0 aromatic heterocycles. The first-order valence-electron chi connectivity index (χ1n) is 15.4. The van der Waals surface area contributed by atoms with Crippen molar-refractivity contribution in [2.24, 2.45) is 0 Å². The quantitative estimate of drug-likeness (QED) is 0.152. The normalized spacial score (nSPS) is 11.2. The minimum absolute atomic E-state index is 0.177. The Morgan fingerprint density at radius 3 is 1.25 bits per heavy atom. The van der Waals surface area contributed by atoms with Crippen LogP contribution in [0.25, 0.3) is 11.1 Å². The molecule has 0 aliphatic heterocycles. The Hall–Kier alpha value is -2.70. The summed E-state index contributed by atoms with van der Waals surface area (Å²) in [5, 5.41) is 0. The van der Waals surface area contributed by atoms with Crippen molar-refractivity contribution in [1.82, 2.24) is 9.80 Å². The molecule has 40 heavy (non-hydrogen) atoms. The van der Waals surface area contributed by atoms with E-state index in [1.54, 1.807) is 0 Å². The van der Waals surface area contributed by atoms with Gasteiger partial charge in [0.15, 0.2) is 0 Å². The average molecular weight is 553 g/mol. The van der Waals surface area contributed by atoms with Gasteiger partial charge in [-0.3, -0.25) is 19.4 Å². The Bertz CT molecular complexity index is 898. The molecule has 0 saturated carbocycles. The lowest BCUT2D eigenvalue weighted by Gasteiger charge is -2.21. The Balaban J connectivity index is 1.92. The van der Waals surface area contributed by atoms with Crippen LogP contribution in [-0.2, 0) is 32.3 Å². The summed E-state index contributed by atoms with van der Waals surface area (Å²) in [6.07, 6.45) is 8.83. The van der Waals surface area contributed by atoms with Crippen molar-refractivity contribution in [3.05, 3.63) is 59.7 Å². The van der Waals surface area contributed by atoms with Crippen LogP contribution in [0, 0.1) is 0 Å². The first kappa shape index (κ1) is 33.5. The van der Waals surface area contributed by atoms with Gasteiger partial charge in [0.25, 0.3) is 0 Å². The van der Waals surface area contributed by atoms with E-state index in [-0.39, 0.29) is 25.2 Å². The molecular formula is C34H52N2O4. The van der Waals surface area contributed by atoms with Gasteiger partial charge >= 0.3 is 11.9 Å². The maximum absolute atomic E-state index is 12.5. The van der Waals surface area contributed by atoms with E-state index in [2.05, 4.69) is 49.6 Å². The van der Waals surface area contributed by atoms with Gasteiger partial charge in [-0.2, -0.15) is 0 Å². The standard InChI is InChI=1S/C34H52N2O4/c1-5-9-19-35(20-10-6-2)25-33(37)39-27-29-15-13-17-31(23-29)32-18-14-16-30(24-32)28-40-34(38)26-36(21-11-7-3)22-12-8-4/h13-18,23-24H,5-12,19-22,25-28H2,1-4H3. The lowest BCUT2D eigenvalue weighted by Crippen LogP contribution is -2.32. The van der Waals surface area contributed by atoms with Crippen molar-refractivity contribution in [2.45, 2.75) is 92.3 Å². The molecule has 0 saturated heterocycles. The van der Waals surface area contributed by atoms with Crippen LogP contribution >= 0.6 is 0 Å². The summed E-state index contributed by atoms with van der Waals surface area (Å²) in [5.41, 5.74) is 3.99. The lowest BCUT2D eigenvalue weighted by atomic mass is 10.0. The first-order chi connectivity index (χ1) is 19.5. The highest BCUT2D eigenvalue weighted by Crippen LogP contribution is 2.22. The molecule has 6 nitrogen and oxygen atoms in total. The number of benzene rings is 2. The fourth-order valence-electron chi connectivity index (χ4n) is 4.53. The Morgan fingerprint density at radius 1 is 0.575 bits per heavy atom. The van der Waals surface area contributed by atoms with Gasteiger partial charge in [-0.1, -0.05) is 89.8 Å². The average Bonchev–Trinajstić information content (AvgIpc) is 2.98. The van der Waals surface area contributed by atoms with Gasteiger partial charge in [-0.15, -0.1) is 0 Å². The van der Waals surface area contributed by atoms with Crippen molar-refractivity contribution in [3.63, 3.8) is 0 Å². The van der Waals surface area contributed by atoms with E-state index in [4.69, 9.17) is 9.47 Å². The second-order valence-corrected chi connectivity index (χ2v) is 10.7. The largest absolute Gasteiger partial charge is 0.460 e. The van der Waals surface area contributed by atoms with Crippen LogP contribution in [0.15, 0.2) is 48.5 Å². The van der Waals surface area contributed by atoms with Crippen molar-refractivity contribution < 1.29 is 19.1 Å². The van der Waals surface area contributed by atoms with E-state index in [1.807, 2.05) is 36.4 Å². The highest BCUT2D eigenvalue weighted by molar-refractivity contribution is 5.72. The SMILES string of the molecule is CCCCN(CCCC)CC(=O)OCc1cccc(-c2cccc(COC(=O)CN(CCCC)CCCC)c2)c1. The highest BCUT2D eigenvalue weighted by atomic mass is 16.5. The molecule has 0 amide bonds. The van der Waals surface area contributed by atoms with Gasteiger partial charge in [0, 0.05) is 0 Å². The molecule has 0 heterocycles. The fourth-order valence-corrected chi connectivity index (χ4v) is 4.53. The van der Waals surface area contributed by atoms with Crippen molar-refractivity contribution in [2.75, 3.05) is 39.3 Å². The second kappa shape index (κ2) is 20.2. The number of rotatable bonds is 21. The Kier molecular flexibility index (Phi) is 16.9. The minimum Gasteiger partial charge on any atom is -0.460 e. The van der Waals surface area contributed by atoms with Crippen LogP contribution in [0.5, 0.6) is 0 Å². The number of carbonyl (C=O) groups excluding carboxylic acids is 2. The molecule has 0 N–H and O–H groups in total. The molecule has 0 aliphatic rings. The zero-order valence-electron chi connectivity index (χ0n) is 25.5. The summed E-state index contributed by atoms with van der Waals surface area (Å²) in [6.45, 7) is 13.6. The van der Waals surface area contributed by atoms with E-state index < -0.39 is 0 Å². The number of hydrogen-bond acceptors (Lipinski definition) is 6. The predicted octanol–water partition coefficient (Wildman–Crippen LogP) is 7.24. The third-order valence-electron chi connectivity index (χ3n) is 7.00. The molecule has 6 heteroatoms. The maximum Gasteiger partial charge on any atom is 0.320 e. The van der Waals surface area contributed by atoms with E-state index in [0.717, 1.165) is 99.8 Å². The van der Waals surface area contributed by atoms with Crippen molar-refractivity contribution >= 4 is 11.9 Å². The third kappa shape index (κ3) is 13.6. The zero-order chi connectivity index (χ0) is 29.0. The summed E-state index contributed by atoms with van der Waals surface area (Å²) >= 11 is 0. The van der Waals surface area contributed by atoms with Crippen LogP contribution in [0.3, 0.4) is 0 Å². The molecular weight excluding hydrogens is 500 g/mol. The first-order valence-corrected chi connectivity index (χ1v) is 15.4. The summed E-state index contributed by atoms with van der Waals surface area (Å²) in [6, 6.07) is 16.2. The number of esters is 2. The number of unbranched alkanes of at least 4 members (excludes halogenated alkanes) is 4. The smallest absolute Gasteiger partial charge is 0.320 e. The third-order valence-corrected chi connectivity index (χ3v) is 7.00. The van der Waals surface area contributed by atoms with Gasteiger partial charge in [-0.25, -0.2) is 0 Å². The number of carbonyl (C=O) groups is 2. The van der Waals surface area contributed by atoms with Crippen LogP contribution in [0.2, 0.25) is 0 Å². The maximum atomic E-state index is 12.5. The van der Waals surface area contributed by atoms with Gasteiger partial charge in [0.05, 0.1) is 13.1 Å². The van der Waals surface area contributed by atoms with Crippen LogP contribution in [-0.4, -0.2) is 61.0 Å². The molecule has 0 spiro atoms. The molecule has 0 unspecified atom stereocenters. The molecule has 0 atom stereocenters. The zero-order valence-corrected chi connectivity index (χ0v) is 25.5. The summed E-state index contributed by atoms with van der Waals surface area (Å²) < 4.78 is 11.3. The fraction of sp³-hybridized carbons (Fsp3) is 0.588. The monoisotopic (exact) mass is 552 g/mol. The lowest BCUT2D eigenvalue weighted by molar-refractivity contribution is -0.147. The number of hydrogen-bond donors (Lipinski definition) is 0. The van der Waals surface area contributed by atoms with E-state index >= 15 is 0 Å². The Morgan fingerprint density at radius 2 is 0.925 bits per heavy atom. The predicted molar refractivity (Wildman–Crippen MR) is 164 cm³/mol. The van der Waals surface area contributed by atoms with Gasteiger partial charge in [0.1, 0.15) is 13.2 Å². The summed E-state index contributed by atoms with van der Waals surface area (Å²) in [4.78, 5) is 29.5. The molecule has 0 aliphatic carbocycles. The van der Waals surface area contributed by atoms with Crippen LogP contribution in [0.1, 0.15) is 90.2 Å². The van der Waals surface area contributed by atoms with Gasteiger partial charge in [-0.05, 0) is 86.2 Å². The molecule has 2 aromatic rings. The Labute approximate surface area is 243 Å². The second-order valence-electron chi connectivity index (χ2n) is 10.7. The van der Waals surface area contributed by atoms with E-state index in [9.17, 15) is 9.59 Å². The molecule has 222 valence electrons. The highest BCUT2D eigenvalue weighted by Gasteiger charge is 2.13. The molecule has 0 radical (unpaired) electrons. The van der Waals surface area contributed by atoms with Crippen LogP contribution < -0.4 is 0 Å². The number of nitrogens with zero attached hydrogens (tertiary/aromatic N) is 2. The van der Waals surface area contributed by atoms with Gasteiger partial charge in [0.2, 0.25) is 0 Å². The van der Waals surface area contributed by atoms with Crippen LogP contribution in [0.4, 0.5) is 0 Å². The topological polar surface area (TPSA) is 59.1 Å². The number of ether oxygens (including phenoxy) is 2. The minimum atomic E-state index is -0.177.